The Morgan fingerprint density at radius 2 is 1.32 bits per heavy atom. The zero-order valence-electron chi connectivity index (χ0n) is 38.3. The number of aliphatic hydroxyl groups excluding tert-OH is 1. The molecule has 374 valence electrons. The summed E-state index contributed by atoms with van der Waals surface area (Å²) >= 11 is 0. The van der Waals surface area contributed by atoms with Crippen LogP contribution in [0.15, 0.2) is 78.9 Å². The normalized spacial score (nSPS) is 21.7. The summed E-state index contributed by atoms with van der Waals surface area (Å²) in [5.74, 6) is -7.17. The van der Waals surface area contributed by atoms with Crippen molar-refractivity contribution >= 4 is 68.8 Å². The van der Waals surface area contributed by atoms with Gasteiger partial charge >= 0.3 is 0 Å². The molecule has 0 aromatic heterocycles. The van der Waals surface area contributed by atoms with E-state index in [1.165, 1.54) is 36.4 Å². The Morgan fingerprint density at radius 1 is 0.754 bits per heavy atom. The fourth-order valence-electron chi connectivity index (χ4n) is 6.98. The standard InChI is InChI=1S/C46H62N10O11S2/c1-46(2)38(56-40(62)31(48)20-27-11-15-29(58)16-12-27)45(67)54-33(22-28-13-17-30(59)18-14-28)41(63)50-23-37(60)51-35(24-57)43(65)53-34(21-26-8-4-3-5-9-26)42(64)55-36(25-68-69-46)44(66)52-32(39(49)61)10-6-7-19-47/h3-5,8-9,11-18,31-36,38,57-59H,6-7,10,19-25,47-48H2,1-2H3,(H2,49,61)(H,50,63)(H,51,60)(H,52,66)(H,53,65)(H,54,67)(H,55,64)(H,56,62)/t31-,32-,33-,34+,35-,36+,38+/m0/s1. The van der Waals surface area contributed by atoms with Crippen LogP contribution in [0.25, 0.3) is 0 Å². The average molecular weight is 995 g/mol. The van der Waals surface area contributed by atoms with Crippen molar-refractivity contribution in [3.05, 3.63) is 95.6 Å². The molecule has 16 N–H and O–H groups in total. The topological polar surface area (TPSA) is 360 Å². The quantitative estimate of drug-likeness (QED) is 0.0560. The predicted molar refractivity (Wildman–Crippen MR) is 260 cm³/mol. The van der Waals surface area contributed by atoms with Crippen LogP contribution in [-0.2, 0) is 57.6 Å². The summed E-state index contributed by atoms with van der Waals surface area (Å²) in [5.41, 5.74) is 19.3. The van der Waals surface area contributed by atoms with E-state index >= 15 is 0 Å². The smallest absolute Gasteiger partial charge is 0.245 e. The van der Waals surface area contributed by atoms with Gasteiger partial charge in [-0.1, -0.05) is 76.2 Å². The monoisotopic (exact) mass is 994 g/mol. The first kappa shape index (κ1) is 55.2. The summed E-state index contributed by atoms with van der Waals surface area (Å²) in [6.45, 7) is 1.89. The van der Waals surface area contributed by atoms with Crippen LogP contribution >= 0.6 is 21.6 Å². The molecule has 8 amide bonds. The van der Waals surface area contributed by atoms with Gasteiger partial charge in [-0.2, -0.15) is 0 Å². The zero-order chi connectivity index (χ0) is 50.7. The predicted octanol–water partition coefficient (Wildman–Crippen LogP) is -1.74. The van der Waals surface area contributed by atoms with E-state index in [1.54, 1.807) is 56.3 Å². The van der Waals surface area contributed by atoms with Gasteiger partial charge in [0, 0.05) is 23.3 Å². The lowest BCUT2D eigenvalue weighted by atomic mass is 9.99. The first-order chi connectivity index (χ1) is 32.8. The third kappa shape index (κ3) is 17.9. The van der Waals surface area contributed by atoms with Crippen molar-refractivity contribution in [3.63, 3.8) is 0 Å². The highest BCUT2D eigenvalue weighted by Gasteiger charge is 2.41. The molecule has 7 atom stereocenters. The van der Waals surface area contributed by atoms with Crippen molar-refractivity contribution in [2.75, 3.05) is 25.4 Å². The van der Waals surface area contributed by atoms with Gasteiger partial charge in [-0.05, 0) is 87.0 Å². The SMILES string of the molecule is CC1(C)SSC[C@H](C(=O)N[C@@H](CCCCN)C(N)=O)NC(=O)[C@@H](Cc2ccccc2)NC(=O)[C@H](CO)NC(=O)CNC(=O)[C@H](Cc2ccc(O)cc2)NC(=O)[C@H]1NC(=O)[C@@H](N)Cc1ccc(O)cc1. The molecule has 23 heteroatoms. The fourth-order valence-corrected chi connectivity index (χ4v) is 9.80. The molecule has 0 unspecified atom stereocenters. The molecular weight excluding hydrogens is 933 g/mol. The highest BCUT2D eigenvalue weighted by atomic mass is 33.1. The number of aromatic hydroxyl groups is 2. The molecule has 3 aromatic rings. The average Bonchev–Trinajstić information content (AvgIpc) is 3.31. The molecular formula is C46H62N10O11S2. The lowest BCUT2D eigenvalue weighted by Gasteiger charge is -2.35. The second-order valence-corrected chi connectivity index (χ2v) is 19.9. The molecule has 0 saturated carbocycles. The van der Waals surface area contributed by atoms with E-state index < -0.39 is 107 Å². The number of hydrogen-bond acceptors (Lipinski definition) is 15. The van der Waals surface area contributed by atoms with Gasteiger partial charge in [-0.25, -0.2) is 0 Å². The van der Waals surface area contributed by atoms with Crippen molar-refractivity contribution < 1.29 is 53.7 Å². The number of nitrogens with two attached hydrogens (primary N) is 3. The molecule has 0 aliphatic carbocycles. The summed E-state index contributed by atoms with van der Waals surface area (Å²) in [7, 11) is 2.05. The van der Waals surface area contributed by atoms with Crippen LogP contribution in [0.4, 0.5) is 0 Å². The highest BCUT2D eigenvalue weighted by Crippen LogP contribution is 2.39. The minimum absolute atomic E-state index is 0.00198. The molecule has 1 saturated heterocycles. The van der Waals surface area contributed by atoms with Crippen LogP contribution in [0.3, 0.4) is 0 Å². The van der Waals surface area contributed by atoms with Gasteiger partial charge < -0.3 is 69.7 Å². The molecule has 1 fully saturated rings. The number of aliphatic hydroxyl groups is 1. The van der Waals surface area contributed by atoms with Crippen molar-refractivity contribution in [1.82, 2.24) is 37.2 Å². The molecule has 0 bridgehead atoms. The number of rotatable bonds is 16. The Bertz CT molecular complexity index is 2240. The number of unbranched alkanes of at least 4 members (excludes halogenated alkanes) is 1. The Morgan fingerprint density at radius 3 is 1.91 bits per heavy atom. The number of amides is 8. The van der Waals surface area contributed by atoms with Crippen LogP contribution in [0.2, 0.25) is 0 Å². The van der Waals surface area contributed by atoms with Crippen molar-refractivity contribution in [3.8, 4) is 11.5 Å². The summed E-state index contributed by atoms with van der Waals surface area (Å²) in [5, 5.41) is 47.9. The van der Waals surface area contributed by atoms with E-state index in [0.717, 1.165) is 21.6 Å². The Hall–Kier alpha value is -6.40. The largest absolute Gasteiger partial charge is 0.508 e. The maximum absolute atomic E-state index is 14.6. The molecule has 0 radical (unpaired) electrons. The Labute approximate surface area is 407 Å². The molecule has 21 nitrogen and oxygen atoms in total. The van der Waals surface area contributed by atoms with E-state index in [0.29, 0.717) is 36.1 Å². The number of primary amides is 1. The van der Waals surface area contributed by atoms with Gasteiger partial charge in [0.2, 0.25) is 47.3 Å². The van der Waals surface area contributed by atoms with Gasteiger partial charge in [-0.15, -0.1) is 0 Å². The molecule has 0 spiro atoms. The molecule has 3 aromatic carbocycles. The van der Waals surface area contributed by atoms with E-state index in [2.05, 4.69) is 37.2 Å². The minimum Gasteiger partial charge on any atom is -0.508 e. The maximum atomic E-state index is 14.6. The van der Waals surface area contributed by atoms with Crippen LogP contribution in [-0.4, -0.2) is 135 Å². The molecule has 1 aliphatic rings. The first-order valence-electron chi connectivity index (χ1n) is 22.1. The zero-order valence-corrected chi connectivity index (χ0v) is 39.9. The second kappa shape index (κ2) is 27.0. The summed E-state index contributed by atoms with van der Waals surface area (Å²) in [6, 6.07) is 10.7. The van der Waals surface area contributed by atoms with E-state index in [1.807, 2.05) is 0 Å². The van der Waals surface area contributed by atoms with E-state index in [4.69, 9.17) is 17.2 Å². The summed E-state index contributed by atoms with van der Waals surface area (Å²) in [4.78, 5) is 110. The number of nitrogens with one attached hydrogen (secondary N) is 7. The molecule has 1 aliphatic heterocycles. The number of carbonyl (C=O) groups excluding carboxylic acids is 8. The van der Waals surface area contributed by atoms with Crippen LogP contribution < -0.4 is 54.4 Å². The third-order valence-corrected chi connectivity index (χ3v) is 14.2. The van der Waals surface area contributed by atoms with Gasteiger partial charge in [0.05, 0.1) is 19.2 Å². The van der Waals surface area contributed by atoms with Crippen molar-refractivity contribution in [1.29, 1.82) is 0 Å². The molecule has 69 heavy (non-hydrogen) atoms. The van der Waals surface area contributed by atoms with Crippen LogP contribution in [0.1, 0.15) is 49.8 Å². The lowest BCUT2D eigenvalue weighted by molar-refractivity contribution is -0.135. The number of phenolic OH excluding ortho intramolecular Hbond substituents is 2. The fraction of sp³-hybridized carbons (Fsp3) is 0.435. The van der Waals surface area contributed by atoms with E-state index in [-0.39, 0.29) is 42.9 Å². The lowest BCUT2D eigenvalue weighted by Crippen LogP contribution is -2.62. The van der Waals surface area contributed by atoms with Crippen molar-refractivity contribution in [2.24, 2.45) is 17.2 Å². The van der Waals surface area contributed by atoms with Crippen molar-refractivity contribution in [2.45, 2.75) is 99.4 Å². The molecule has 1 heterocycles. The van der Waals surface area contributed by atoms with Crippen LogP contribution in [0, 0.1) is 0 Å². The number of hydrogen-bond donors (Lipinski definition) is 13. The first-order valence-corrected chi connectivity index (χ1v) is 24.5. The number of benzene rings is 3. The minimum atomic E-state index is -1.62. The second-order valence-electron chi connectivity index (χ2n) is 16.9. The van der Waals surface area contributed by atoms with E-state index in [9.17, 15) is 53.7 Å². The summed E-state index contributed by atoms with van der Waals surface area (Å²) in [6.07, 6.45) is 0.857. The maximum Gasteiger partial charge on any atom is 0.245 e. The van der Waals surface area contributed by atoms with Gasteiger partial charge in [-0.3, -0.25) is 38.4 Å². The summed E-state index contributed by atoms with van der Waals surface area (Å²) < 4.78 is -1.31. The number of carbonyl (C=O) groups is 8. The Kier molecular flexibility index (Phi) is 21.6. The molecule has 4 rings (SSSR count). The van der Waals surface area contributed by atoms with Gasteiger partial charge in [0.1, 0.15) is 47.8 Å². The Balaban J connectivity index is 1.76. The highest BCUT2D eigenvalue weighted by molar-refractivity contribution is 8.77. The van der Waals surface area contributed by atoms with Gasteiger partial charge in [0.25, 0.3) is 0 Å². The van der Waals surface area contributed by atoms with Gasteiger partial charge in [0.15, 0.2) is 0 Å². The third-order valence-electron chi connectivity index (χ3n) is 10.9. The van der Waals surface area contributed by atoms with Crippen LogP contribution in [0.5, 0.6) is 11.5 Å². The number of phenols is 2.